The van der Waals surface area contributed by atoms with Crippen molar-refractivity contribution in [3.63, 3.8) is 0 Å². The van der Waals surface area contributed by atoms with Crippen LogP contribution in [0.15, 0.2) is 16.5 Å². The third kappa shape index (κ3) is 2.94. The molecule has 0 saturated carbocycles. The minimum atomic E-state index is 0.259. The van der Waals surface area contributed by atoms with Crippen LogP contribution >= 0.6 is 22.9 Å². The number of nitrogens with two attached hydrogens (primary N) is 1. The monoisotopic (exact) mass is 258 g/mol. The number of thiophene rings is 1. The summed E-state index contributed by atoms with van der Waals surface area (Å²) < 4.78 is 6.00. The van der Waals surface area contributed by atoms with Gasteiger partial charge in [-0.05, 0) is 18.6 Å². The van der Waals surface area contributed by atoms with Crippen molar-refractivity contribution < 1.29 is 4.42 Å². The van der Waals surface area contributed by atoms with E-state index in [-0.39, 0.29) is 6.54 Å². The summed E-state index contributed by atoms with van der Waals surface area (Å²) in [6.07, 6.45) is 0.873. The smallest absolute Gasteiger partial charge is 0.315 e. The van der Waals surface area contributed by atoms with Crippen LogP contribution in [0.3, 0.4) is 0 Å². The van der Waals surface area contributed by atoms with E-state index in [0.717, 1.165) is 17.3 Å². The Bertz CT molecular complexity index is 456. The van der Waals surface area contributed by atoms with E-state index in [1.54, 1.807) is 11.3 Å². The van der Waals surface area contributed by atoms with Crippen LogP contribution in [0.4, 0.5) is 6.01 Å². The number of nitrogens with zero attached hydrogens (tertiary/aromatic N) is 2. The van der Waals surface area contributed by atoms with Gasteiger partial charge in [-0.2, -0.15) is 0 Å². The van der Waals surface area contributed by atoms with Crippen molar-refractivity contribution in [3.05, 3.63) is 27.2 Å². The molecule has 2 heterocycles. The Kier molecular flexibility index (Phi) is 3.76. The highest BCUT2D eigenvalue weighted by molar-refractivity contribution is 7.16. The zero-order chi connectivity index (χ0) is 11.4. The second kappa shape index (κ2) is 5.29. The van der Waals surface area contributed by atoms with Crippen LogP contribution in [-0.4, -0.2) is 16.7 Å². The van der Waals surface area contributed by atoms with E-state index in [1.165, 1.54) is 4.88 Å². The van der Waals surface area contributed by atoms with Gasteiger partial charge in [-0.1, -0.05) is 16.7 Å². The molecule has 0 bridgehead atoms. The summed E-state index contributed by atoms with van der Waals surface area (Å²) >= 11 is 7.39. The molecular weight excluding hydrogens is 248 g/mol. The number of hydrogen-bond donors (Lipinski definition) is 2. The molecule has 0 unspecified atom stereocenters. The molecule has 2 aromatic rings. The Morgan fingerprint density at radius 2 is 2.31 bits per heavy atom. The topological polar surface area (TPSA) is 77.0 Å². The summed E-state index contributed by atoms with van der Waals surface area (Å²) in [5.74, 6) is 0.432. The predicted molar refractivity (Wildman–Crippen MR) is 63.7 cm³/mol. The van der Waals surface area contributed by atoms with E-state index in [2.05, 4.69) is 15.5 Å². The highest BCUT2D eigenvalue weighted by Gasteiger charge is 2.03. The standard InChI is InChI=1S/C9H11ClN4OS/c10-7-2-1-6(16-7)3-4-12-9-14-13-8(5-11)15-9/h1-2H,3-5,11H2,(H,12,14). The van der Waals surface area contributed by atoms with Crippen LogP contribution in [0.25, 0.3) is 0 Å². The molecule has 86 valence electrons. The average molecular weight is 259 g/mol. The number of aromatic nitrogens is 2. The molecule has 3 N–H and O–H groups in total. The summed E-state index contributed by atoms with van der Waals surface area (Å²) in [4.78, 5) is 1.22. The molecule has 2 rings (SSSR count). The number of rotatable bonds is 5. The molecule has 0 radical (unpaired) electrons. The summed E-state index contributed by atoms with van der Waals surface area (Å²) in [6, 6.07) is 4.30. The zero-order valence-corrected chi connectivity index (χ0v) is 10.0. The molecule has 0 aliphatic carbocycles. The van der Waals surface area contributed by atoms with E-state index in [0.29, 0.717) is 11.9 Å². The Hall–Kier alpha value is -1.11. The number of hydrogen-bond acceptors (Lipinski definition) is 6. The highest BCUT2D eigenvalue weighted by atomic mass is 35.5. The minimum Gasteiger partial charge on any atom is -0.407 e. The molecule has 0 aromatic carbocycles. The van der Waals surface area contributed by atoms with Crippen molar-refractivity contribution in [3.8, 4) is 0 Å². The van der Waals surface area contributed by atoms with Crippen molar-refractivity contribution in [2.24, 2.45) is 5.73 Å². The first-order valence-corrected chi connectivity index (χ1v) is 5.98. The van der Waals surface area contributed by atoms with Gasteiger partial charge < -0.3 is 15.5 Å². The van der Waals surface area contributed by atoms with Gasteiger partial charge in [0.1, 0.15) is 0 Å². The number of halogens is 1. The van der Waals surface area contributed by atoms with Crippen LogP contribution in [0.2, 0.25) is 4.34 Å². The second-order valence-corrected chi connectivity index (χ2v) is 4.89. The van der Waals surface area contributed by atoms with Gasteiger partial charge in [0.25, 0.3) is 0 Å². The van der Waals surface area contributed by atoms with E-state index < -0.39 is 0 Å². The molecule has 0 spiro atoms. The fourth-order valence-corrected chi connectivity index (χ4v) is 2.27. The minimum absolute atomic E-state index is 0.259. The lowest BCUT2D eigenvalue weighted by Gasteiger charge is -1.98. The summed E-state index contributed by atoms with van der Waals surface area (Å²) in [5.41, 5.74) is 5.35. The number of nitrogens with one attached hydrogen (secondary N) is 1. The van der Waals surface area contributed by atoms with Crippen LogP contribution < -0.4 is 11.1 Å². The van der Waals surface area contributed by atoms with Gasteiger partial charge in [0.05, 0.1) is 10.9 Å². The van der Waals surface area contributed by atoms with E-state index in [9.17, 15) is 0 Å². The molecule has 7 heteroatoms. The Morgan fingerprint density at radius 1 is 1.44 bits per heavy atom. The van der Waals surface area contributed by atoms with Crippen molar-refractivity contribution in [2.75, 3.05) is 11.9 Å². The van der Waals surface area contributed by atoms with Gasteiger partial charge >= 0.3 is 6.01 Å². The molecule has 0 atom stereocenters. The SMILES string of the molecule is NCc1nnc(NCCc2ccc(Cl)s2)o1. The van der Waals surface area contributed by atoms with Crippen LogP contribution in [-0.2, 0) is 13.0 Å². The molecule has 0 saturated heterocycles. The highest BCUT2D eigenvalue weighted by Crippen LogP contribution is 2.21. The van der Waals surface area contributed by atoms with Gasteiger partial charge in [-0.3, -0.25) is 0 Å². The molecule has 0 fully saturated rings. The maximum absolute atomic E-state index is 5.82. The van der Waals surface area contributed by atoms with E-state index >= 15 is 0 Å². The normalized spacial score (nSPS) is 10.6. The van der Waals surface area contributed by atoms with Crippen molar-refractivity contribution in [2.45, 2.75) is 13.0 Å². The van der Waals surface area contributed by atoms with Gasteiger partial charge in [-0.15, -0.1) is 16.4 Å². The van der Waals surface area contributed by atoms with Crippen molar-refractivity contribution >= 4 is 29.0 Å². The third-order valence-corrected chi connectivity index (χ3v) is 3.21. The van der Waals surface area contributed by atoms with E-state index in [1.807, 2.05) is 12.1 Å². The van der Waals surface area contributed by atoms with Gasteiger partial charge in [-0.25, -0.2) is 0 Å². The van der Waals surface area contributed by atoms with Crippen LogP contribution in [0, 0.1) is 0 Å². The van der Waals surface area contributed by atoms with E-state index in [4.69, 9.17) is 21.8 Å². The summed E-state index contributed by atoms with van der Waals surface area (Å²) in [6.45, 7) is 0.984. The zero-order valence-electron chi connectivity index (χ0n) is 8.44. The maximum atomic E-state index is 5.82. The fraction of sp³-hybridized carbons (Fsp3) is 0.333. The van der Waals surface area contributed by atoms with Gasteiger partial charge in [0.15, 0.2) is 0 Å². The molecule has 0 aliphatic rings. The Morgan fingerprint density at radius 3 is 2.94 bits per heavy atom. The number of anilines is 1. The van der Waals surface area contributed by atoms with Gasteiger partial charge in [0.2, 0.25) is 5.89 Å². The van der Waals surface area contributed by atoms with Crippen molar-refractivity contribution in [1.82, 2.24) is 10.2 Å². The average Bonchev–Trinajstić information content (AvgIpc) is 2.88. The first-order chi connectivity index (χ1) is 7.78. The molecular formula is C9H11ClN4OS. The lowest BCUT2D eigenvalue weighted by Crippen LogP contribution is -2.03. The van der Waals surface area contributed by atoms with Gasteiger partial charge in [0, 0.05) is 11.4 Å². The third-order valence-electron chi connectivity index (χ3n) is 1.92. The second-order valence-electron chi connectivity index (χ2n) is 3.09. The molecule has 0 amide bonds. The largest absolute Gasteiger partial charge is 0.407 e. The quantitative estimate of drug-likeness (QED) is 0.857. The fourth-order valence-electron chi connectivity index (χ4n) is 1.19. The van der Waals surface area contributed by atoms with Crippen molar-refractivity contribution in [1.29, 1.82) is 0 Å². The molecule has 5 nitrogen and oxygen atoms in total. The molecule has 2 aromatic heterocycles. The van der Waals surface area contributed by atoms with Crippen LogP contribution in [0.1, 0.15) is 10.8 Å². The first kappa shape index (κ1) is 11.4. The molecule has 16 heavy (non-hydrogen) atoms. The lowest BCUT2D eigenvalue weighted by atomic mass is 10.3. The summed E-state index contributed by atoms with van der Waals surface area (Å²) in [5, 5.41) is 10.6. The Labute approximate surface area is 102 Å². The lowest BCUT2D eigenvalue weighted by molar-refractivity contribution is 0.507. The maximum Gasteiger partial charge on any atom is 0.315 e. The molecule has 0 aliphatic heterocycles. The summed E-state index contributed by atoms with van der Waals surface area (Å²) in [7, 11) is 0. The predicted octanol–water partition coefficient (Wildman–Crippen LogP) is 1.90. The Balaban J connectivity index is 1.79. The van der Waals surface area contributed by atoms with Crippen LogP contribution in [0.5, 0.6) is 0 Å². The first-order valence-electron chi connectivity index (χ1n) is 4.78.